The number of hydrogen-bond acceptors (Lipinski definition) is 2. The largest absolute Gasteiger partial charge is 0.369 e. The summed E-state index contributed by atoms with van der Waals surface area (Å²) in [7, 11) is 0. The molecule has 20 heavy (non-hydrogen) atoms. The quantitative estimate of drug-likeness (QED) is 0.731. The van der Waals surface area contributed by atoms with Gasteiger partial charge in [0.2, 0.25) is 5.91 Å². The van der Waals surface area contributed by atoms with Gasteiger partial charge in [-0.1, -0.05) is 12.1 Å². The zero-order chi connectivity index (χ0) is 15.2. The van der Waals surface area contributed by atoms with Crippen LogP contribution in [0.25, 0.3) is 0 Å². The van der Waals surface area contributed by atoms with Crippen molar-refractivity contribution < 1.29 is 14.0 Å². The zero-order valence-corrected chi connectivity index (χ0v) is 11.7. The highest BCUT2D eigenvalue weighted by molar-refractivity contribution is 5.81. The van der Waals surface area contributed by atoms with Crippen molar-refractivity contribution in [1.29, 1.82) is 0 Å². The summed E-state index contributed by atoms with van der Waals surface area (Å²) in [5.74, 6) is -0.753. The number of carbonyl (C=O) groups is 2. The van der Waals surface area contributed by atoms with Gasteiger partial charge in [-0.05, 0) is 38.0 Å². The van der Waals surface area contributed by atoms with E-state index < -0.39 is 11.3 Å². The Morgan fingerprint density at radius 2 is 1.80 bits per heavy atom. The molecule has 3 amide bonds. The lowest BCUT2D eigenvalue weighted by atomic mass is 9.93. The van der Waals surface area contributed by atoms with E-state index in [1.54, 1.807) is 26.0 Å². The predicted molar refractivity (Wildman–Crippen MR) is 74.5 cm³/mol. The second kappa shape index (κ2) is 6.88. The SMILES string of the molecule is CC(C)(CNC(=O)NCCc1ccc(F)cc1)C(N)=O. The summed E-state index contributed by atoms with van der Waals surface area (Å²) in [5, 5.41) is 5.25. The molecule has 0 unspecified atom stereocenters. The molecule has 1 rings (SSSR count). The van der Waals surface area contributed by atoms with E-state index in [1.807, 2.05) is 0 Å². The summed E-state index contributed by atoms with van der Waals surface area (Å²) in [6.07, 6.45) is 0.604. The van der Waals surface area contributed by atoms with Gasteiger partial charge in [-0.25, -0.2) is 9.18 Å². The number of rotatable bonds is 6. The topological polar surface area (TPSA) is 84.2 Å². The summed E-state index contributed by atoms with van der Waals surface area (Å²) in [5.41, 5.74) is 5.35. The Morgan fingerprint density at radius 3 is 2.35 bits per heavy atom. The van der Waals surface area contributed by atoms with Crippen molar-refractivity contribution in [2.45, 2.75) is 20.3 Å². The molecule has 0 atom stereocenters. The van der Waals surface area contributed by atoms with Gasteiger partial charge in [0.05, 0.1) is 5.41 Å². The van der Waals surface area contributed by atoms with Crippen LogP contribution in [0.1, 0.15) is 19.4 Å². The van der Waals surface area contributed by atoms with Gasteiger partial charge in [-0.3, -0.25) is 4.79 Å². The van der Waals surface area contributed by atoms with Crippen molar-refractivity contribution in [3.05, 3.63) is 35.6 Å². The second-order valence-electron chi connectivity index (χ2n) is 5.23. The lowest BCUT2D eigenvalue weighted by Crippen LogP contribution is -2.46. The van der Waals surface area contributed by atoms with Crippen LogP contribution >= 0.6 is 0 Å². The van der Waals surface area contributed by atoms with Crippen molar-refractivity contribution in [2.75, 3.05) is 13.1 Å². The molecule has 0 bridgehead atoms. The molecule has 4 N–H and O–H groups in total. The minimum Gasteiger partial charge on any atom is -0.369 e. The third kappa shape index (κ3) is 5.26. The minimum absolute atomic E-state index is 0.171. The van der Waals surface area contributed by atoms with Crippen molar-refractivity contribution in [1.82, 2.24) is 10.6 Å². The van der Waals surface area contributed by atoms with Crippen LogP contribution in [0.4, 0.5) is 9.18 Å². The fourth-order valence-corrected chi connectivity index (χ4v) is 1.42. The number of urea groups is 1. The van der Waals surface area contributed by atoms with Crippen LogP contribution in [0.3, 0.4) is 0 Å². The monoisotopic (exact) mass is 281 g/mol. The first kappa shape index (κ1) is 15.9. The Labute approximate surface area is 117 Å². The van der Waals surface area contributed by atoms with Crippen LogP contribution in [0.15, 0.2) is 24.3 Å². The molecule has 0 radical (unpaired) electrons. The number of carbonyl (C=O) groups excluding carboxylic acids is 2. The van der Waals surface area contributed by atoms with Gasteiger partial charge >= 0.3 is 6.03 Å². The third-order valence-corrected chi connectivity index (χ3v) is 2.97. The maximum atomic E-state index is 12.7. The molecule has 5 nitrogen and oxygen atoms in total. The Balaban J connectivity index is 2.27. The molecule has 0 fully saturated rings. The van der Waals surface area contributed by atoms with Crippen molar-refractivity contribution in [3.8, 4) is 0 Å². The van der Waals surface area contributed by atoms with E-state index in [4.69, 9.17) is 5.73 Å². The Hall–Kier alpha value is -2.11. The summed E-state index contributed by atoms with van der Waals surface area (Å²) in [6.45, 7) is 3.92. The summed E-state index contributed by atoms with van der Waals surface area (Å²) in [4.78, 5) is 22.6. The van der Waals surface area contributed by atoms with Gasteiger partial charge in [-0.15, -0.1) is 0 Å². The maximum absolute atomic E-state index is 12.7. The molecule has 0 heterocycles. The Morgan fingerprint density at radius 1 is 1.20 bits per heavy atom. The number of halogens is 1. The Bertz CT molecular complexity index is 472. The molecule has 0 aliphatic heterocycles. The van der Waals surface area contributed by atoms with Crippen molar-refractivity contribution >= 4 is 11.9 Å². The Kier molecular flexibility index (Phi) is 5.49. The van der Waals surface area contributed by atoms with Gasteiger partial charge < -0.3 is 16.4 Å². The molecule has 6 heteroatoms. The molecule has 0 saturated carbocycles. The van der Waals surface area contributed by atoms with Gasteiger partial charge in [0, 0.05) is 13.1 Å². The van der Waals surface area contributed by atoms with Gasteiger partial charge in [0.15, 0.2) is 0 Å². The normalized spacial score (nSPS) is 10.9. The first-order valence-corrected chi connectivity index (χ1v) is 6.37. The molecule has 1 aromatic carbocycles. The van der Waals surface area contributed by atoms with Gasteiger partial charge in [0.1, 0.15) is 5.82 Å². The molecule has 110 valence electrons. The number of amides is 3. The van der Waals surface area contributed by atoms with Crippen LogP contribution in [0.2, 0.25) is 0 Å². The fourth-order valence-electron chi connectivity index (χ4n) is 1.42. The van der Waals surface area contributed by atoms with Crippen molar-refractivity contribution in [3.63, 3.8) is 0 Å². The van der Waals surface area contributed by atoms with Crippen molar-refractivity contribution in [2.24, 2.45) is 11.1 Å². The molecule has 0 aromatic heterocycles. The zero-order valence-electron chi connectivity index (χ0n) is 11.7. The van der Waals surface area contributed by atoms with E-state index in [0.717, 1.165) is 5.56 Å². The van der Waals surface area contributed by atoms with Crippen LogP contribution in [-0.4, -0.2) is 25.0 Å². The summed E-state index contributed by atoms with van der Waals surface area (Å²) in [6, 6.07) is 5.74. The summed E-state index contributed by atoms with van der Waals surface area (Å²) < 4.78 is 12.7. The van der Waals surface area contributed by atoms with E-state index in [1.165, 1.54) is 12.1 Å². The first-order chi connectivity index (χ1) is 9.31. The minimum atomic E-state index is -0.783. The fraction of sp³-hybridized carbons (Fsp3) is 0.429. The maximum Gasteiger partial charge on any atom is 0.314 e. The van der Waals surface area contributed by atoms with E-state index in [0.29, 0.717) is 13.0 Å². The predicted octanol–water partition coefficient (Wildman–Crippen LogP) is 1.18. The number of primary amides is 1. The standard InChI is InChI=1S/C14H20FN3O2/c1-14(2,12(16)19)9-18-13(20)17-8-7-10-3-5-11(15)6-4-10/h3-6H,7-9H2,1-2H3,(H2,16,19)(H2,17,18,20). The lowest BCUT2D eigenvalue weighted by Gasteiger charge is -2.20. The lowest BCUT2D eigenvalue weighted by molar-refractivity contribution is -0.125. The molecule has 0 saturated heterocycles. The van der Waals surface area contributed by atoms with E-state index in [9.17, 15) is 14.0 Å². The number of hydrogen-bond donors (Lipinski definition) is 3. The van der Waals surface area contributed by atoms with E-state index in [2.05, 4.69) is 10.6 Å². The molecule has 1 aromatic rings. The van der Waals surface area contributed by atoms with Crippen LogP contribution in [0.5, 0.6) is 0 Å². The molecular weight excluding hydrogens is 261 g/mol. The molecule has 0 spiro atoms. The molecule has 0 aliphatic carbocycles. The molecular formula is C14H20FN3O2. The van der Waals surface area contributed by atoms with Crippen LogP contribution in [0, 0.1) is 11.2 Å². The van der Waals surface area contributed by atoms with Gasteiger partial charge in [-0.2, -0.15) is 0 Å². The third-order valence-electron chi connectivity index (χ3n) is 2.97. The number of nitrogens with two attached hydrogens (primary N) is 1. The average molecular weight is 281 g/mol. The molecule has 0 aliphatic rings. The van der Waals surface area contributed by atoms with E-state index in [-0.39, 0.29) is 18.4 Å². The smallest absolute Gasteiger partial charge is 0.314 e. The first-order valence-electron chi connectivity index (χ1n) is 6.37. The highest BCUT2D eigenvalue weighted by Crippen LogP contribution is 2.11. The highest BCUT2D eigenvalue weighted by atomic mass is 19.1. The number of benzene rings is 1. The van der Waals surface area contributed by atoms with Gasteiger partial charge in [0.25, 0.3) is 0 Å². The number of nitrogens with one attached hydrogen (secondary N) is 2. The summed E-state index contributed by atoms with van der Waals surface area (Å²) >= 11 is 0. The highest BCUT2D eigenvalue weighted by Gasteiger charge is 2.25. The van der Waals surface area contributed by atoms with Crippen LogP contribution < -0.4 is 16.4 Å². The second-order valence-corrected chi connectivity index (χ2v) is 5.23. The van der Waals surface area contributed by atoms with E-state index >= 15 is 0 Å². The van der Waals surface area contributed by atoms with Crippen LogP contribution in [-0.2, 0) is 11.2 Å². The average Bonchev–Trinajstić information content (AvgIpc) is 2.39.